The molecule has 0 saturated carbocycles. The third-order valence-electron chi connectivity index (χ3n) is 4.08. The highest BCUT2D eigenvalue weighted by atomic mass is 79.9. The number of piperidine rings is 1. The Kier molecular flexibility index (Phi) is 4.42. The Morgan fingerprint density at radius 2 is 2.05 bits per heavy atom. The zero-order valence-electron chi connectivity index (χ0n) is 11.3. The molecule has 1 aromatic rings. The van der Waals surface area contributed by atoms with E-state index in [0.717, 1.165) is 4.47 Å². The van der Waals surface area contributed by atoms with Gasteiger partial charge in [-0.2, -0.15) is 0 Å². The fourth-order valence-electron chi connectivity index (χ4n) is 2.52. The van der Waals surface area contributed by atoms with Crippen molar-refractivity contribution in [1.82, 2.24) is 9.88 Å². The van der Waals surface area contributed by atoms with E-state index in [1.807, 2.05) is 6.92 Å². The maximum absolute atomic E-state index is 12.3. The molecule has 0 bridgehead atoms. The Bertz CT molecular complexity index is 508. The molecule has 2 heterocycles. The normalized spacial score (nSPS) is 17.8. The van der Waals surface area contributed by atoms with Crippen LogP contribution in [0, 0.1) is 5.41 Å². The van der Waals surface area contributed by atoms with Crippen molar-refractivity contribution in [3.8, 4) is 0 Å². The fraction of sp³-hybridized carbons (Fsp3) is 0.500. The lowest BCUT2D eigenvalue weighted by Crippen LogP contribution is -2.46. The zero-order valence-corrected chi connectivity index (χ0v) is 12.9. The average molecular weight is 341 g/mol. The smallest absolute Gasteiger partial charge is 0.309 e. The molecule has 1 amide bonds. The lowest BCUT2D eigenvalue weighted by Gasteiger charge is -2.38. The molecule has 1 saturated heterocycles. The third-order valence-corrected chi connectivity index (χ3v) is 4.55. The SMILES string of the molecule is CCC1(C(=O)O)CCN(C(=O)c2ccc(Br)cn2)CC1. The maximum Gasteiger partial charge on any atom is 0.309 e. The minimum Gasteiger partial charge on any atom is -0.481 e. The van der Waals surface area contributed by atoms with Gasteiger partial charge in [0.2, 0.25) is 0 Å². The van der Waals surface area contributed by atoms with Gasteiger partial charge in [0.05, 0.1) is 5.41 Å². The van der Waals surface area contributed by atoms with E-state index in [4.69, 9.17) is 0 Å². The number of carboxylic acids is 1. The monoisotopic (exact) mass is 340 g/mol. The summed E-state index contributed by atoms with van der Waals surface area (Å²) in [6.45, 7) is 2.83. The molecular weight excluding hydrogens is 324 g/mol. The summed E-state index contributed by atoms with van der Waals surface area (Å²) in [5.74, 6) is -0.888. The maximum atomic E-state index is 12.3. The van der Waals surface area contributed by atoms with E-state index in [-0.39, 0.29) is 5.91 Å². The van der Waals surface area contributed by atoms with Crippen molar-refractivity contribution in [1.29, 1.82) is 0 Å². The van der Waals surface area contributed by atoms with Gasteiger partial charge < -0.3 is 10.0 Å². The highest BCUT2D eigenvalue weighted by Gasteiger charge is 2.40. The van der Waals surface area contributed by atoms with E-state index in [1.165, 1.54) is 0 Å². The standard InChI is InChI=1S/C14H17BrN2O3/c1-2-14(13(19)20)5-7-17(8-6-14)12(18)11-4-3-10(15)9-16-11/h3-4,9H,2,5-8H2,1H3,(H,19,20). The number of halogens is 1. The van der Waals surface area contributed by atoms with Crippen molar-refractivity contribution >= 4 is 27.8 Å². The molecule has 0 spiro atoms. The van der Waals surface area contributed by atoms with Gasteiger partial charge in [0, 0.05) is 23.8 Å². The van der Waals surface area contributed by atoms with Gasteiger partial charge in [-0.05, 0) is 47.3 Å². The lowest BCUT2D eigenvalue weighted by atomic mass is 9.76. The van der Waals surface area contributed by atoms with Crippen molar-refractivity contribution < 1.29 is 14.7 Å². The van der Waals surface area contributed by atoms with Gasteiger partial charge in [0.1, 0.15) is 5.69 Å². The summed E-state index contributed by atoms with van der Waals surface area (Å²) in [6, 6.07) is 3.45. The van der Waals surface area contributed by atoms with Gasteiger partial charge >= 0.3 is 5.97 Å². The Hall–Kier alpha value is -1.43. The zero-order chi connectivity index (χ0) is 14.8. The van der Waals surface area contributed by atoms with Crippen LogP contribution in [0.3, 0.4) is 0 Å². The topological polar surface area (TPSA) is 70.5 Å². The minimum absolute atomic E-state index is 0.132. The first-order valence-electron chi connectivity index (χ1n) is 6.63. The van der Waals surface area contributed by atoms with Crippen LogP contribution in [0.1, 0.15) is 36.7 Å². The number of carbonyl (C=O) groups is 2. The van der Waals surface area contributed by atoms with Crippen LogP contribution in [-0.2, 0) is 4.79 Å². The molecule has 0 unspecified atom stereocenters. The van der Waals surface area contributed by atoms with Crippen molar-refractivity contribution in [3.05, 3.63) is 28.5 Å². The van der Waals surface area contributed by atoms with Crippen LogP contribution < -0.4 is 0 Å². The molecule has 0 aliphatic carbocycles. The molecule has 1 fully saturated rings. The molecule has 0 atom stereocenters. The first-order chi connectivity index (χ1) is 9.48. The number of pyridine rings is 1. The molecule has 1 N–H and O–H groups in total. The van der Waals surface area contributed by atoms with Gasteiger partial charge in [-0.25, -0.2) is 4.98 Å². The Labute approximate surface area is 126 Å². The van der Waals surface area contributed by atoms with Gasteiger partial charge in [-0.3, -0.25) is 9.59 Å². The van der Waals surface area contributed by atoms with Crippen molar-refractivity contribution in [2.45, 2.75) is 26.2 Å². The number of hydrogen-bond acceptors (Lipinski definition) is 3. The summed E-state index contributed by atoms with van der Waals surface area (Å²) in [6.07, 6.45) is 3.19. The molecule has 1 aromatic heterocycles. The van der Waals surface area contributed by atoms with Crippen molar-refractivity contribution in [3.63, 3.8) is 0 Å². The predicted octanol–water partition coefficient (Wildman–Crippen LogP) is 2.56. The Morgan fingerprint density at radius 1 is 1.40 bits per heavy atom. The summed E-state index contributed by atoms with van der Waals surface area (Å²) < 4.78 is 0.823. The molecule has 108 valence electrons. The predicted molar refractivity (Wildman–Crippen MR) is 77.4 cm³/mol. The van der Waals surface area contributed by atoms with Crippen molar-refractivity contribution in [2.75, 3.05) is 13.1 Å². The number of likely N-dealkylation sites (tertiary alicyclic amines) is 1. The summed E-state index contributed by atoms with van der Waals surface area (Å²) >= 11 is 3.28. The number of carbonyl (C=O) groups excluding carboxylic acids is 1. The van der Waals surface area contributed by atoms with Gasteiger partial charge in [0.25, 0.3) is 5.91 Å². The van der Waals surface area contributed by atoms with Crippen LogP contribution in [0.4, 0.5) is 0 Å². The highest BCUT2D eigenvalue weighted by molar-refractivity contribution is 9.10. The number of hydrogen-bond donors (Lipinski definition) is 1. The third kappa shape index (κ3) is 2.85. The van der Waals surface area contributed by atoms with Crippen LogP contribution in [0.15, 0.2) is 22.8 Å². The number of rotatable bonds is 3. The number of aliphatic carboxylic acids is 1. The van der Waals surface area contributed by atoms with Gasteiger partial charge in [0.15, 0.2) is 0 Å². The van der Waals surface area contributed by atoms with E-state index in [0.29, 0.717) is 38.0 Å². The summed E-state index contributed by atoms with van der Waals surface area (Å²) in [4.78, 5) is 29.4. The fourth-order valence-corrected chi connectivity index (χ4v) is 2.76. The summed E-state index contributed by atoms with van der Waals surface area (Å²) in [5.41, 5.74) is -0.281. The number of aromatic nitrogens is 1. The quantitative estimate of drug-likeness (QED) is 0.917. The molecule has 1 aliphatic heterocycles. The number of carboxylic acid groups (broad SMARTS) is 1. The first kappa shape index (κ1) is 15.0. The molecule has 2 rings (SSSR count). The van der Waals surface area contributed by atoms with Gasteiger partial charge in [-0.1, -0.05) is 6.92 Å². The second-order valence-corrected chi connectivity index (χ2v) is 6.01. The van der Waals surface area contributed by atoms with Crippen LogP contribution in [0.5, 0.6) is 0 Å². The lowest BCUT2D eigenvalue weighted by molar-refractivity contribution is -0.152. The molecular formula is C14H17BrN2O3. The number of amides is 1. The molecule has 6 heteroatoms. The van der Waals surface area contributed by atoms with Crippen LogP contribution in [0.25, 0.3) is 0 Å². The van der Waals surface area contributed by atoms with Gasteiger partial charge in [-0.15, -0.1) is 0 Å². The van der Waals surface area contributed by atoms with E-state index >= 15 is 0 Å². The first-order valence-corrected chi connectivity index (χ1v) is 7.42. The van der Waals surface area contributed by atoms with E-state index < -0.39 is 11.4 Å². The molecule has 20 heavy (non-hydrogen) atoms. The Balaban J connectivity index is 2.05. The molecule has 0 aromatic carbocycles. The van der Waals surface area contributed by atoms with E-state index in [2.05, 4.69) is 20.9 Å². The van der Waals surface area contributed by atoms with E-state index in [9.17, 15) is 14.7 Å². The van der Waals surface area contributed by atoms with Crippen LogP contribution >= 0.6 is 15.9 Å². The number of nitrogens with zero attached hydrogens (tertiary/aromatic N) is 2. The second kappa shape index (κ2) is 5.91. The summed E-state index contributed by atoms with van der Waals surface area (Å²) in [5, 5.41) is 9.34. The van der Waals surface area contributed by atoms with Crippen LogP contribution in [-0.4, -0.2) is 40.0 Å². The van der Waals surface area contributed by atoms with Crippen LogP contribution in [0.2, 0.25) is 0 Å². The Morgan fingerprint density at radius 3 is 2.50 bits per heavy atom. The largest absolute Gasteiger partial charge is 0.481 e. The molecule has 5 nitrogen and oxygen atoms in total. The molecule has 0 radical (unpaired) electrons. The average Bonchev–Trinajstić information content (AvgIpc) is 2.47. The second-order valence-electron chi connectivity index (χ2n) is 5.09. The minimum atomic E-state index is -0.756. The van der Waals surface area contributed by atoms with E-state index in [1.54, 1.807) is 23.2 Å². The molecule has 1 aliphatic rings. The highest BCUT2D eigenvalue weighted by Crippen LogP contribution is 2.35. The summed E-state index contributed by atoms with van der Waals surface area (Å²) in [7, 11) is 0. The van der Waals surface area contributed by atoms with Crippen molar-refractivity contribution in [2.24, 2.45) is 5.41 Å².